The minimum Gasteiger partial charge on any atom is -0.493 e. The Bertz CT molecular complexity index is 933. The van der Waals surface area contributed by atoms with Gasteiger partial charge in [-0.15, -0.1) is 0 Å². The number of hydrogen-bond donors (Lipinski definition) is 4. The van der Waals surface area contributed by atoms with Crippen LogP contribution in [0.25, 0.3) is 0 Å². The van der Waals surface area contributed by atoms with Crippen molar-refractivity contribution >= 4 is 11.8 Å². The van der Waals surface area contributed by atoms with E-state index in [1.165, 1.54) is 7.11 Å². The zero-order chi connectivity index (χ0) is 25.5. The van der Waals surface area contributed by atoms with Crippen LogP contribution in [0.2, 0.25) is 0 Å². The zero-order valence-corrected chi connectivity index (χ0v) is 20.8. The molecule has 1 aromatic rings. The highest BCUT2D eigenvalue weighted by Gasteiger charge is 2.51. The molecule has 0 saturated heterocycles. The van der Waals surface area contributed by atoms with Crippen molar-refractivity contribution in [3.63, 3.8) is 0 Å². The van der Waals surface area contributed by atoms with Gasteiger partial charge in [0.2, 0.25) is 11.8 Å². The standard InChI is InChI=1S/C26H38N2O7/c1-4-6-7-8-10-28(21(31)5-2)19-14-18(26(33)27-9-11-29)22-17-12-16(15-30)13-20(34-3)24(17)35-25(22)23(19)32/h12-14,19,22-23,25,29-30,32H,4-11,15H2,1-3H3,(H,27,33). The Morgan fingerprint density at radius 1 is 1.17 bits per heavy atom. The second kappa shape index (κ2) is 12.4. The van der Waals surface area contributed by atoms with E-state index in [4.69, 9.17) is 9.47 Å². The third-order valence-electron chi connectivity index (χ3n) is 6.73. The van der Waals surface area contributed by atoms with Gasteiger partial charge in [-0.1, -0.05) is 33.1 Å². The van der Waals surface area contributed by atoms with Crippen molar-refractivity contribution in [3.8, 4) is 11.5 Å². The number of carbonyl (C=O) groups excluding carboxylic acids is 2. The lowest BCUT2D eigenvalue weighted by Gasteiger charge is -2.40. The van der Waals surface area contributed by atoms with Gasteiger partial charge in [-0.2, -0.15) is 0 Å². The molecule has 4 N–H and O–H groups in total. The summed E-state index contributed by atoms with van der Waals surface area (Å²) in [7, 11) is 1.49. The maximum absolute atomic E-state index is 13.2. The van der Waals surface area contributed by atoms with Crippen LogP contribution in [0.5, 0.6) is 11.5 Å². The number of aliphatic hydroxyl groups is 3. The summed E-state index contributed by atoms with van der Waals surface area (Å²) >= 11 is 0. The predicted octanol–water partition coefficient (Wildman–Crippen LogP) is 1.63. The first-order chi connectivity index (χ1) is 16.9. The van der Waals surface area contributed by atoms with E-state index >= 15 is 0 Å². The first-order valence-electron chi connectivity index (χ1n) is 12.5. The van der Waals surface area contributed by atoms with Crippen molar-refractivity contribution in [2.45, 2.75) is 76.7 Å². The molecule has 1 aliphatic carbocycles. The average Bonchev–Trinajstić information content (AvgIpc) is 3.27. The number of amides is 2. The molecule has 4 atom stereocenters. The number of nitrogens with zero attached hydrogens (tertiary/aromatic N) is 1. The van der Waals surface area contributed by atoms with Gasteiger partial charge < -0.3 is 35.0 Å². The molecule has 0 aromatic heterocycles. The lowest BCUT2D eigenvalue weighted by Crippen LogP contribution is -2.56. The third-order valence-corrected chi connectivity index (χ3v) is 6.73. The highest BCUT2D eigenvalue weighted by Crippen LogP contribution is 2.51. The summed E-state index contributed by atoms with van der Waals surface area (Å²) in [6.45, 7) is 4.00. The van der Waals surface area contributed by atoms with Gasteiger partial charge in [0.15, 0.2) is 11.5 Å². The molecule has 1 heterocycles. The smallest absolute Gasteiger partial charge is 0.247 e. The molecule has 4 unspecified atom stereocenters. The van der Waals surface area contributed by atoms with Crippen molar-refractivity contribution in [3.05, 3.63) is 34.9 Å². The minimum absolute atomic E-state index is 0.0725. The molecule has 9 heteroatoms. The number of ether oxygens (including phenoxy) is 2. The van der Waals surface area contributed by atoms with Gasteiger partial charge in [0.05, 0.1) is 32.3 Å². The van der Waals surface area contributed by atoms with E-state index in [2.05, 4.69) is 12.2 Å². The summed E-state index contributed by atoms with van der Waals surface area (Å²) in [5.41, 5.74) is 1.59. The van der Waals surface area contributed by atoms with Crippen molar-refractivity contribution in [2.24, 2.45) is 0 Å². The molecular weight excluding hydrogens is 452 g/mol. The lowest BCUT2D eigenvalue weighted by atomic mass is 9.77. The van der Waals surface area contributed by atoms with Crippen LogP contribution in [0, 0.1) is 0 Å². The summed E-state index contributed by atoms with van der Waals surface area (Å²) in [6.07, 6.45) is 3.94. The molecule has 0 bridgehead atoms. The quantitative estimate of drug-likeness (QED) is 0.328. The van der Waals surface area contributed by atoms with E-state index in [9.17, 15) is 24.9 Å². The number of methoxy groups -OCH3 is 1. The SMILES string of the molecule is CCCCCCN(C(=O)CC)C1C=C(C(=O)NCCO)C2c3cc(CO)cc(OC)c3OC2C1O. The molecule has 0 spiro atoms. The summed E-state index contributed by atoms with van der Waals surface area (Å²) in [4.78, 5) is 27.8. The highest BCUT2D eigenvalue weighted by molar-refractivity contribution is 5.96. The van der Waals surface area contributed by atoms with Crippen LogP contribution in [0.3, 0.4) is 0 Å². The molecule has 35 heavy (non-hydrogen) atoms. The topological polar surface area (TPSA) is 129 Å². The maximum Gasteiger partial charge on any atom is 0.247 e. The van der Waals surface area contributed by atoms with Gasteiger partial charge in [-0.25, -0.2) is 0 Å². The first-order valence-corrected chi connectivity index (χ1v) is 12.5. The highest BCUT2D eigenvalue weighted by atomic mass is 16.5. The van der Waals surface area contributed by atoms with Crippen LogP contribution in [0.1, 0.15) is 63.0 Å². The number of hydrogen-bond acceptors (Lipinski definition) is 7. The molecule has 9 nitrogen and oxygen atoms in total. The van der Waals surface area contributed by atoms with E-state index in [0.717, 1.165) is 25.7 Å². The maximum atomic E-state index is 13.2. The molecule has 0 radical (unpaired) electrons. The van der Waals surface area contributed by atoms with Crippen LogP contribution in [0.4, 0.5) is 0 Å². The fourth-order valence-electron chi connectivity index (χ4n) is 4.97. The summed E-state index contributed by atoms with van der Waals surface area (Å²) < 4.78 is 11.7. The Hall–Kier alpha value is -2.62. The van der Waals surface area contributed by atoms with Crippen LogP contribution < -0.4 is 14.8 Å². The monoisotopic (exact) mass is 490 g/mol. The second-order valence-electron chi connectivity index (χ2n) is 9.02. The van der Waals surface area contributed by atoms with E-state index in [1.54, 1.807) is 30.0 Å². The number of aliphatic hydroxyl groups excluding tert-OH is 3. The van der Waals surface area contributed by atoms with Gasteiger partial charge in [-0.05, 0) is 30.2 Å². The molecule has 2 amide bonds. The third kappa shape index (κ3) is 5.63. The molecule has 0 saturated carbocycles. The van der Waals surface area contributed by atoms with Gasteiger partial charge in [0, 0.05) is 30.6 Å². The molecule has 1 aliphatic heterocycles. The van der Waals surface area contributed by atoms with Crippen LogP contribution in [-0.2, 0) is 16.2 Å². The van der Waals surface area contributed by atoms with Crippen molar-refractivity contribution in [1.29, 1.82) is 0 Å². The van der Waals surface area contributed by atoms with Crippen molar-refractivity contribution < 1.29 is 34.4 Å². The van der Waals surface area contributed by atoms with Gasteiger partial charge >= 0.3 is 0 Å². The molecule has 3 rings (SSSR count). The Morgan fingerprint density at radius 2 is 1.94 bits per heavy atom. The lowest BCUT2D eigenvalue weighted by molar-refractivity contribution is -0.137. The van der Waals surface area contributed by atoms with Crippen molar-refractivity contribution in [2.75, 3.05) is 26.8 Å². The fourth-order valence-corrected chi connectivity index (χ4v) is 4.97. The number of fused-ring (bicyclic) bond motifs is 3. The number of benzene rings is 1. The first kappa shape index (κ1) is 27.0. The summed E-state index contributed by atoms with van der Waals surface area (Å²) in [5.74, 6) is -0.303. The van der Waals surface area contributed by atoms with E-state index in [-0.39, 0.29) is 32.1 Å². The Labute approximate surface area is 206 Å². The van der Waals surface area contributed by atoms with Crippen molar-refractivity contribution in [1.82, 2.24) is 10.2 Å². The molecule has 0 fully saturated rings. The van der Waals surface area contributed by atoms with Gasteiger partial charge in [0.1, 0.15) is 12.2 Å². The fraction of sp³-hybridized carbons (Fsp3) is 0.615. The molecular formula is C26H38N2O7. The predicted molar refractivity (Wildman–Crippen MR) is 130 cm³/mol. The Kier molecular flexibility index (Phi) is 9.54. The van der Waals surface area contributed by atoms with Crippen LogP contribution in [-0.4, -0.2) is 77.1 Å². The number of rotatable bonds is 12. The Morgan fingerprint density at radius 3 is 2.57 bits per heavy atom. The van der Waals surface area contributed by atoms with E-state index < -0.39 is 30.1 Å². The van der Waals surface area contributed by atoms with Crippen LogP contribution >= 0.6 is 0 Å². The van der Waals surface area contributed by atoms with E-state index in [1.807, 2.05) is 0 Å². The zero-order valence-electron chi connectivity index (χ0n) is 20.8. The average molecular weight is 491 g/mol. The number of unbranched alkanes of at least 4 members (excludes halogenated alkanes) is 3. The summed E-state index contributed by atoms with van der Waals surface area (Å²) in [5, 5.41) is 33.1. The molecule has 1 aromatic carbocycles. The molecule has 2 aliphatic rings. The second-order valence-corrected chi connectivity index (χ2v) is 9.02. The summed E-state index contributed by atoms with van der Waals surface area (Å²) in [6, 6.07) is 2.68. The number of nitrogens with one attached hydrogen (secondary N) is 1. The normalized spacial score (nSPS) is 22.5. The van der Waals surface area contributed by atoms with Gasteiger partial charge in [-0.3, -0.25) is 9.59 Å². The van der Waals surface area contributed by atoms with Gasteiger partial charge in [0.25, 0.3) is 0 Å². The largest absolute Gasteiger partial charge is 0.493 e. The minimum atomic E-state index is -1.08. The van der Waals surface area contributed by atoms with Crippen LogP contribution in [0.15, 0.2) is 23.8 Å². The number of carbonyl (C=O) groups is 2. The Balaban J connectivity index is 2.05. The molecule has 194 valence electrons. The van der Waals surface area contributed by atoms with E-state index in [0.29, 0.717) is 34.7 Å².